The molecule has 0 amide bonds. The van der Waals surface area contributed by atoms with E-state index >= 15 is 0 Å². The van der Waals surface area contributed by atoms with Crippen LogP contribution in [0.4, 0.5) is 0 Å². The highest BCUT2D eigenvalue weighted by molar-refractivity contribution is 7.78. The maximum atomic E-state index is 5.81. The molecule has 70 valence electrons. The molecule has 12 heavy (non-hydrogen) atoms. The summed E-state index contributed by atoms with van der Waals surface area (Å²) in [5.41, 5.74) is -0.0269. The van der Waals surface area contributed by atoms with E-state index in [0.717, 1.165) is 6.42 Å². The van der Waals surface area contributed by atoms with E-state index in [1.54, 1.807) is 0 Å². The Morgan fingerprint density at radius 2 is 1.83 bits per heavy atom. The minimum absolute atomic E-state index is 0.222. The first-order chi connectivity index (χ1) is 5.33. The Balaban J connectivity index is 4.44. The van der Waals surface area contributed by atoms with Gasteiger partial charge in [-0.15, -0.1) is 11.6 Å². The van der Waals surface area contributed by atoms with Gasteiger partial charge in [0.25, 0.3) is 0 Å². The summed E-state index contributed by atoms with van der Waals surface area (Å²) >= 11 is 10.4. The van der Waals surface area contributed by atoms with Gasteiger partial charge in [-0.1, -0.05) is 20.8 Å². The van der Waals surface area contributed by atoms with Gasteiger partial charge < -0.3 is 0 Å². The Morgan fingerprint density at radius 1 is 1.33 bits per heavy atom. The molecule has 0 aromatic heterocycles. The molecule has 0 spiro atoms. The minimum Gasteiger partial charge on any atom is -0.225 e. The summed E-state index contributed by atoms with van der Waals surface area (Å²) in [6, 6.07) is 0. The number of halogens is 1. The molecule has 1 unspecified atom stereocenters. The molecule has 0 fully saturated rings. The van der Waals surface area contributed by atoms with Crippen molar-refractivity contribution in [3.8, 4) is 0 Å². The Kier molecular flexibility index (Phi) is 4.39. The van der Waals surface area contributed by atoms with Gasteiger partial charge >= 0.3 is 0 Å². The van der Waals surface area contributed by atoms with Gasteiger partial charge in [0.15, 0.2) is 0 Å². The SMILES string of the molecule is CC(C)(C)CC(C)(CCl)N=C=S. The molecule has 0 aliphatic heterocycles. The molecular formula is C9H16ClNS. The van der Waals surface area contributed by atoms with Gasteiger partial charge in [-0.2, -0.15) is 0 Å². The van der Waals surface area contributed by atoms with Crippen LogP contribution in [0.3, 0.4) is 0 Å². The molecule has 1 atom stereocenters. The summed E-state index contributed by atoms with van der Waals surface area (Å²) < 4.78 is 0. The van der Waals surface area contributed by atoms with Gasteiger partial charge in [-0.25, -0.2) is 4.99 Å². The van der Waals surface area contributed by atoms with Crippen LogP contribution < -0.4 is 0 Å². The fourth-order valence-corrected chi connectivity index (χ4v) is 1.74. The second-order valence-corrected chi connectivity index (χ2v) is 5.02. The first-order valence-corrected chi connectivity index (χ1v) is 4.92. The van der Waals surface area contributed by atoms with E-state index in [1.807, 2.05) is 6.92 Å². The lowest BCUT2D eigenvalue weighted by atomic mass is 9.82. The Bertz CT molecular complexity index is 191. The summed E-state index contributed by atoms with van der Waals surface area (Å²) in [4.78, 5) is 4.09. The molecule has 0 aliphatic carbocycles. The molecule has 0 N–H and O–H groups in total. The van der Waals surface area contributed by atoms with Crippen LogP contribution in [0.25, 0.3) is 0 Å². The number of aliphatic imine (C=N–C) groups is 1. The molecule has 3 heteroatoms. The third kappa shape index (κ3) is 4.87. The van der Waals surface area contributed by atoms with Crippen LogP contribution in [0.2, 0.25) is 0 Å². The number of rotatable bonds is 3. The van der Waals surface area contributed by atoms with Crippen LogP contribution in [0.5, 0.6) is 0 Å². The van der Waals surface area contributed by atoms with Crippen molar-refractivity contribution in [2.24, 2.45) is 10.4 Å². The first-order valence-electron chi connectivity index (χ1n) is 3.98. The fourth-order valence-electron chi connectivity index (χ4n) is 1.37. The minimum atomic E-state index is -0.248. The van der Waals surface area contributed by atoms with E-state index in [-0.39, 0.29) is 11.0 Å². The van der Waals surface area contributed by atoms with Crippen molar-refractivity contribution in [2.75, 3.05) is 5.88 Å². The third-order valence-electron chi connectivity index (χ3n) is 1.51. The zero-order valence-electron chi connectivity index (χ0n) is 8.15. The van der Waals surface area contributed by atoms with Crippen LogP contribution in [0, 0.1) is 5.41 Å². The monoisotopic (exact) mass is 205 g/mol. The molecule has 0 heterocycles. The van der Waals surface area contributed by atoms with Gasteiger partial charge in [-0.05, 0) is 31.0 Å². The molecule has 0 rings (SSSR count). The normalized spacial score (nSPS) is 16.4. The summed E-state index contributed by atoms with van der Waals surface area (Å²) in [7, 11) is 0. The molecule has 0 saturated carbocycles. The van der Waals surface area contributed by atoms with Gasteiger partial charge in [0, 0.05) is 5.88 Å². The summed E-state index contributed by atoms with van der Waals surface area (Å²) in [5, 5.41) is 2.41. The van der Waals surface area contributed by atoms with E-state index in [9.17, 15) is 0 Å². The maximum Gasteiger partial charge on any atom is 0.0822 e. The average molecular weight is 206 g/mol. The summed E-state index contributed by atoms with van der Waals surface area (Å²) in [6.45, 7) is 8.49. The maximum absolute atomic E-state index is 5.81. The number of hydrogen-bond donors (Lipinski definition) is 0. The number of thiocarbonyl (C=S) groups is 1. The summed E-state index contributed by atoms with van der Waals surface area (Å²) in [5.74, 6) is 0.494. The Hall–Kier alpha value is 0.0900. The first kappa shape index (κ1) is 12.1. The van der Waals surface area contributed by atoms with Crippen molar-refractivity contribution in [1.29, 1.82) is 0 Å². The molecular weight excluding hydrogens is 190 g/mol. The number of alkyl halides is 1. The standard InChI is InChI=1S/C9H16ClNS/c1-8(2,3)5-9(4,6-10)11-7-12/h5-6H2,1-4H3. The lowest BCUT2D eigenvalue weighted by molar-refractivity contribution is 0.291. The van der Waals surface area contributed by atoms with Crippen LogP contribution in [0.15, 0.2) is 4.99 Å². The predicted molar refractivity (Wildman–Crippen MR) is 58.2 cm³/mol. The smallest absolute Gasteiger partial charge is 0.0822 e. The highest BCUT2D eigenvalue weighted by Crippen LogP contribution is 2.30. The topological polar surface area (TPSA) is 12.4 Å². The van der Waals surface area contributed by atoms with Crippen molar-refractivity contribution in [1.82, 2.24) is 0 Å². The predicted octanol–water partition coefficient (Wildman–Crippen LogP) is 3.52. The van der Waals surface area contributed by atoms with E-state index in [4.69, 9.17) is 11.6 Å². The number of nitrogens with zero attached hydrogens (tertiary/aromatic N) is 1. The largest absolute Gasteiger partial charge is 0.225 e. The third-order valence-corrected chi connectivity index (χ3v) is 2.18. The zero-order valence-corrected chi connectivity index (χ0v) is 9.72. The lowest BCUT2D eigenvalue weighted by Gasteiger charge is -2.29. The lowest BCUT2D eigenvalue weighted by Crippen LogP contribution is -2.30. The van der Waals surface area contributed by atoms with Gasteiger partial charge in [0.1, 0.15) is 0 Å². The van der Waals surface area contributed by atoms with E-state index in [1.165, 1.54) is 0 Å². The van der Waals surface area contributed by atoms with Crippen molar-refractivity contribution in [3.63, 3.8) is 0 Å². The summed E-state index contributed by atoms with van der Waals surface area (Å²) in [6.07, 6.45) is 0.924. The quantitative estimate of drug-likeness (QED) is 0.390. The molecule has 0 radical (unpaired) electrons. The molecule has 0 aliphatic rings. The van der Waals surface area contributed by atoms with Crippen LogP contribution >= 0.6 is 23.8 Å². The van der Waals surface area contributed by atoms with Gasteiger partial charge in [0.2, 0.25) is 0 Å². The van der Waals surface area contributed by atoms with Gasteiger partial charge in [0.05, 0.1) is 10.7 Å². The second-order valence-electron chi connectivity index (χ2n) is 4.57. The van der Waals surface area contributed by atoms with E-state index < -0.39 is 0 Å². The van der Waals surface area contributed by atoms with Crippen molar-refractivity contribution in [2.45, 2.75) is 39.7 Å². The Morgan fingerprint density at radius 3 is 2.08 bits per heavy atom. The molecule has 0 aromatic carbocycles. The Labute approximate surface area is 85.2 Å². The molecule has 0 bridgehead atoms. The molecule has 0 aromatic rings. The highest BCUT2D eigenvalue weighted by Gasteiger charge is 2.28. The van der Waals surface area contributed by atoms with E-state index in [0.29, 0.717) is 5.88 Å². The van der Waals surface area contributed by atoms with Crippen molar-refractivity contribution in [3.05, 3.63) is 0 Å². The van der Waals surface area contributed by atoms with Crippen LogP contribution in [-0.2, 0) is 0 Å². The van der Waals surface area contributed by atoms with Crippen LogP contribution in [-0.4, -0.2) is 16.6 Å². The zero-order chi connectivity index (χ0) is 9.83. The number of isothiocyanates is 1. The second kappa shape index (κ2) is 4.36. The molecule has 1 nitrogen and oxygen atoms in total. The van der Waals surface area contributed by atoms with Crippen LogP contribution in [0.1, 0.15) is 34.1 Å². The fraction of sp³-hybridized carbons (Fsp3) is 0.889. The van der Waals surface area contributed by atoms with E-state index in [2.05, 4.69) is 43.1 Å². The molecule has 0 saturated heterocycles. The van der Waals surface area contributed by atoms with Crippen molar-refractivity contribution < 1.29 is 0 Å². The highest BCUT2D eigenvalue weighted by atomic mass is 35.5. The van der Waals surface area contributed by atoms with Crippen molar-refractivity contribution >= 4 is 29.0 Å². The number of hydrogen-bond acceptors (Lipinski definition) is 2. The average Bonchev–Trinajstić information content (AvgIpc) is 1.84. The van der Waals surface area contributed by atoms with Gasteiger partial charge in [-0.3, -0.25) is 0 Å².